The Kier molecular flexibility index (Phi) is 4.78. The molecular formula is C13H18BrF. The van der Waals surface area contributed by atoms with Gasteiger partial charge in [-0.25, -0.2) is 4.39 Å². The van der Waals surface area contributed by atoms with Crippen molar-refractivity contribution in [2.24, 2.45) is 5.92 Å². The molecule has 1 rings (SSSR count). The summed E-state index contributed by atoms with van der Waals surface area (Å²) in [6.45, 7) is 6.35. The van der Waals surface area contributed by atoms with Crippen molar-refractivity contribution in [3.8, 4) is 0 Å². The highest BCUT2D eigenvalue weighted by Crippen LogP contribution is 2.23. The van der Waals surface area contributed by atoms with Gasteiger partial charge in [0.1, 0.15) is 5.82 Å². The van der Waals surface area contributed by atoms with Gasteiger partial charge in [-0.2, -0.15) is 0 Å². The summed E-state index contributed by atoms with van der Waals surface area (Å²) in [6, 6.07) is 5.07. The third-order valence-corrected chi connectivity index (χ3v) is 3.71. The summed E-state index contributed by atoms with van der Waals surface area (Å²) < 4.78 is 12.9. The van der Waals surface area contributed by atoms with Crippen molar-refractivity contribution in [3.63, 3.8) is 0 Å². The van der Waals surface area contributed by atoms with E-state index in [0.29, 0.717) is 10.7 Å². The molecule has 0 radical (unpaired) electrons. The van der Waals surface area contributed by atoms with Crippen molar-refractivity contribution >= 4 is 15.9 Å². The molecule has 84 valence electrons. The molecule has 2 heteroatoms. The average Bonchev–Trinajstić information content (AvgIpc) is 2.16. The minimum absolute atomic E-state index is 0.142. The Morgan fingerprint density at radius 1 is 1.40 bits per heavy atom. The van der Waals surface area contributed by atoms with Crippen LogP contribution in [0.4, 0.5) is 4.39 Å². The first-order valence-corrected chi connectivity index (χ1v) is 6.35. The summed E-state index contributed by atoms with van der Waals surface area (Å²) in [5.74, 6) is 0.477. The zero-order valence-electron chi connectivity index (χ0n) is 9.56. The van der Waals surface area contributed by atoms with Gasteiger partial charge in [0.05, 0.1) is 0 Å². The standard InChI is InChI=1S/C13H18BrF/c1-4-11(10(3)14)8-12-5-6-13(15)7-9(12)2/h5-7,10-11H,4,8H2,1-3H3. The molecule has 2 atom stereocenters. The second kappa shape index (κ2) is 5.64. The first-order valence-electron chi connectivity index (χ1n) is 5.43. The van der Waals surface area contributed by atoms with Gasteiger partial charge in [0.2, 0.25) is 0 Å². The van der Waals surface area contributed by atoms with Crippen molar-refractivity contribution in [2.75, 3.05) is 0 Å². The number of benzene rings is 1. The fourth-order valence-corrected chi connectivity index (χ4v) is 2.36. The highest BCUT2D eigenvalue weighted by molar-refractivity contribution is 9.09. The van der Waals surface area contributed by atoms with E-state index in [2.05, 4.69) is 29.8 Å². The quantitative estimate of drug-likeness (QED) is 0.709. The molecule has 0 aliphatic rings. The van der Waals surface area contributed by atoms with Gasteiger partial charge in [-0.15, -0.1) is 0 Å². The molecule has 2 unspecified atom stereocenters. The molecule has 0 aliphatic carbocycles. The Hall–Kier alpha value is -0.370. The summed E-state index contributed by atoms with van der Waals surface area (Å²) in [5.41, 5.74) is 2.32. The SMILES string of the molecule is CCC(Cc1ccc(F)cc1C)C(C)Br. The van der Waals surface area contributed by atoms with Gasteiger partial charge < -0.3 is 0 Å². The predicted octanol–water partition coefficient (Wildman–Crippen LogP) is 4.49. The van der Waals surface area contributed by atoms with E-state index in [4.69, 9.17) is 0 Å². The van der Waals surface area contributed by atoms with Crippen LogP contribution in [0.15, 0.2) is 18.2 Å². The van der Waals surface area contributed by atoms with Crippen molar-refractivity contribution in [3.05, 3.63) is 35.1 Å². The number of hydrogen-bond donors (Lipinski definition) is 0. The van der Waals surface area contributed by atoms with Crippen molar-refractivity contribution in [1.82, 2.24) is 0 Å². The summed E-state index contributed by atoms with van der Waals surface area (Å²) in [7, 11) is 0. The van der Waals surface area contributed by atoms with Crippen LogP contribution in [0.5, 0.6) is 0 Å². The van der Waals surface area contributed by atoms with E-state index in [-0.39, 0.29) is 5.82 Å². The molecule has 15 heavy (non-hydrogen) atoms. The second-order valence-corrected chi connectivity index (χ2v) is 5.57. The maximum absolute atomic E-state index is 12.9. The Morgan fingerprint density at radius 3 is 2.53 bits per heavy atom. The smallest absolute Gasteiger partial charge is 0.123 e. The monoisotopic (exact) mass is 272 g/mol. The van der Waals surface area contributed by atoms with Gasteiger partial charge in [0.15, 0.2) is 0 Å². The Labute approximate surface area is 100 Å². The lowest BCUT2D eigenvalue weighted by Crippen LogP contribution is -2.13. The number of rotatable bonds is 4. The number of hydrogen-bond acceptors (Lipinski definition) is 0. The van der Waals surface area contributed by atoms with Gasteiger partial charge in [-0.1, -0.05) is 42.3 Å². The molecule has 0 saturated heterocycles. The largest absolute Gasteiger partial charge is 0.207 e. The van der Waals surface area contributed by atoms with Crippen molar-refractivity contribution < 1.29 is 4.39 Å². The fourth-order valence-electron chi connectivity index (χ4n) is 1.80. The summed E-state index contributed by atoms with van der Waals surface area (Å²) in [6.07, 6.45) is 2.16. The lowest BCUT2D eigenvalue weighted by Gasteiger charge is -2.18. The number of halogens is 2. The van der Waals surface area contributed by atoms with Crippen LogP contribution in [-0.4, -0.2) is 4.83 Å². The first kappa shape index (κ1) is 12.7. The lowest BCUT2D eigenvalue weighted by atomic mass is 9.92. The Bertz CT molecular complexity index is 320. The molecule has 0 amide bonds. The van der Waals surface area contributed by atoms with E-state index in [1.807, 2.05) is 13.0 Å². The zero-order chi connectivity index (χ0) is 11.4. The Morgan fingerprint density at radius 2 is 2.07 bits per heavy atom. The minimum Gasteiger partial charge on any atom is -0.207 e. The van der Waals surface area contributed by atoms with E-state index in [1.165, 1.54) is 5.56 Å². The minimum atomic E-state index is -0.142. The van der Waals surface area contributed by atoms with Gasteiger partial charge >= 0.3 is 0 Å². The van der Waals surface area contributed by atoms with E-state index >= 15 is 0 Å². The van der Waals surface area contributed by atoms with Crippen molar-refractivity contribution in [1.29, 1.82) is 0 Å². The zero-order valence-corrected chi connectivity index (χ0v) is 11.1. The lowest BCUT2D eigenvalue weighted by molar-refractivity contribution is 0.506. The van der Waals surface area contributed by atoms with Crippen LogP contribution in [0.1, 0.15) is 31.4 Å². The second-order valence-electron chi connectivity index (χ2n) is 4.12. The molecule has 0 spiro atoms. The van der Waals surface area contributed by atoms with Gasteiger partial charge in [-0.3, -0.25) is 0 Å². The molecule has 0 aliphatic heterocycles. The van der Waals surface area contributed by atoms with Gasteiger partial charge in [-0.05, 0) is 42.5 Å². The van der Waals surface area contributed by atoms with Crippen LogP contribution < -0.4 is 0 Å². The first-order chi connectivity index (χ1) is 7.04. The van der Waals surface area contributed by atoms with Crippen LogP contribution in [-0.2, 0) is 6.42 Å². The molecule has 0 saturated carbocycles. The maximum atomic E-state index is 12.9. The molecule has 0 N–H and O–H groups in total. The third kappa shape index (κ3) is 3.60. The van der Waals surface area contributed by atoms with Crippen LogP contribution in [0, 0.1) is 18.7 Å². The van der Waals surface area contributed by atoms with E-state index in [0.717, 1.165) is 18.4 Å². The summed E-state index contributed by atoms with van der Waals surface area (Å²) in [5, 5.41) is 0. The van der Waals surface area contributed by atoms with E-state index in [9.17, 15) is 4.39 Å². The average molecular weight is 273 g/mol. The predicted molar refractivity (Wildman–Crippen MR) is 67.0 cm³/mol. The van der Waals surface area contributed by atoms with Crippen LogP contribution >= 0.6 is 15.9 Å². The molecular weight excluding hydrogens is 255 g/mol. The fraction of sp³-hybridized carbons (Fsp3) is 0.538. The molecule has 1 aromatic carbocycles. The highest BCUT2D eigenvalue weighted by Gasteiger charge is 2.14. The van der Waals surface area contributed by atoms with Gasteiger partial charge in [0, 0.05) is 4.83 Å². The Balaban J connectivity index is 2.79. The van der Waals surface area contributed by atoms with Crippen LogP contribution in [0.25, 0.3) is 0 Å². The van der Waals surface area contributed by atoms with E-state index in [1.54, 1.807) is 12.1 Å². The molecule has 0 nitrogen and oxygen atoms in total. The summed E-state index contributed by atoms with van der Waals surface area (Å²) in [4.78, 5) is 0.506. The molecule has 0 aromatic heterocycles. The van der Waals surface area contributed by atoms with Crippen molar-refractivity contribution in [2.45, 2.75) is 38.4 Å². The van der Waals surface area contributed by atoms with Gasteiger partial charge in [0.25, 0.3) is 0 Å². The van der Waals surface area contributed by atoms with Crippen LogP contribution in [0.3, 0.4) is 0 Å². The molecule has 0 fully saturated rings. The molecule has 1 aromatic rings. The third-order valence-electron chi connectivity index (χ3n) is 2.96. The number of aryl methyl sites for hydroxylation is 1. The highest BCUT2D eigenvalue weighted by atomic mass is 79.9. The molecule has 0 heterocycles. The topological polar surface area (TPSA) is 0 Å². The van der Waals surface area contributed by atoms with E-state index < -0.39 is 0 Å². The number of alkyl halides is 1. The molecule has 0 bridgehead atoms. The normalized spacial score (nSPS) is 15.0. The van der Waals surface area contributed by atoms with Crippen LogP contribution in [0.2, 0.25) is 0 Å². The summed E-state index contributed by atoms with van der Waals surface area (Å²) >= 11 is 3.62. The maximum Gasteiger partial charge on any atom is 0.123 e.